The molecule has 0 saturated carbocycles. The molecule has 2 aromatic rings. The molecule has 0 heterocycles. The summed E-state index contributed by atoms with van der Waals surface area (Å²) in [6.45, 7) is 0. The quantitative estimate of drug-likeness (QED) is 0.789. The van der Waals surface area contributed by atoms with Gasteiger partial charge in [0.05, 0.1) is 11.1 Å². The van der Waals surface area contributed by atoms with Gasteiger partial charge in [-0.2, -0.15) is 0 Å². The summed E-state index contributed by atoms with van der Waals surface area (Å²) in [5.74, 6) is -2.34. The number of rotatable bonds is 2. The van der Waals surface area contributed by atoms with Gasteiger partial charge in [-0.3, -0.25) is 0 Å². The SMILES string of the molecule is NC(c1cc(Cl)c(Br)cc1F)c1c(F)cccc1F. The predicted octanol–water partition coefficient (Wildman–Crippen LogP) is 4.57. The summed E-state index contributed by atoms with van der Waals surface area (Å²) < 4.78 is 41.4. The highest BCUT2D eigenvalue weighted by molar-refractivity contribution is 9.10. The van der Waals surface area contributed by atoms with Gasteiger partial charge >= 0.3 is 0 Å². The van der Waals surface area contributed by atoms with E-state index in [0.717, 1.165) is 18.2 Å². The van der Waals surface area contributed by atoms with Crippen LogP contribution in [-0.4, -0.2) is 0 Å². The van der Waals surface area contributed by atoms with Gasteiger partial charge in [-0.15, -0.1) is 0 Å². The average Bonchev–Trinajstić information content (AvgIpc) is 2.33. The molecule has 6 heteroatoms. The summed E-state index contributed by atoms with van der Waals surface area (Å²) in [7, 11) is 0. The Morgan fingerprint density at radius 1 is 1.05 bits per heavy atom. The van der Waals surface area contributed by atoms with Gasteiger partial charge in [-0.05, 0) is 40.2 Å². The largest absolute Gasteiger partial charge is 0.320 e. The first-order chi connectivity index (χ1) is 8.91. The number of hydrogen-bond acceptors (Lipinski definition) is 1. The maximum absolute atomic E-state index is 13.8. The topological polar surface area (TPSA) is 26.0 Å². The Morgan fingerprint density at radius 2 is 1.63 bits per heavy atom. The van der Waals surface area contributed by atoms with E-state index < -0.39 is 23.5 Å². The van der Waals surface area contributed by atoms with Crippen LogP contribution in [0.25, 0.3) is 0 Å². The zero-order valence-electron chi connectivity index (χ0n) is 9.43. The zero-order valence-corrected chi connectivity index (χ0v) is 11.8. The normalized spacial score (nSPS) is 12.5. The van der Waals surface area contributed by atoms with Gasteiger partial charge in [-0.1, -0.05) is 17.7 Å². The van der Waals surface area contributed by atoms with E-state index in [1.165, 1.54) is 12.1 Å². The maximum atomic E-state index is 13.8. The van der Waals surface area contributed by atoms with Crippen LogP contribution in [0, 0.1) is 17.5 Å². The molecule has 1 atom stereocenters. The Balaban J connectivity index is 2.56. The molecular weight excluding hydrogens is 343 g/mol. The molecule has 0 radical (unpaired) electrons. The van der Waals surface area contributed by atoms with Crippen molar-refractivity contribution in [2.24, 2.45) is 5.73 Å². The molecule has 0 fully saturated rings. The van der Waals surface area contributed by atoms with E-state index in [-0.39, 0.29) is 16.1 Å². The summed E-state index contributed by atoms with van der Waals surface area (Å²) in [5.41, 5.74) is 5.28. The highest BCUT2D eigenvalue weighted by Gasteiger charge is 2.22. The van der Waals surface area contributed by atoms with Crippen LogP contribution in [0.5, 0.6) is 0 Å². The average molecular weight is 351 g/mol. The van der Waals surface area contributed by atoms with Crippen LogP contribution in [0.3, 0.4) is 0 Å². The van der Waals surface area contributed by atoms with Gasteiger partial charge in [0, 0.05) is 15.6 Å². The molecular formula is C13H8BrClF3N. The monoisotopic (exact) mass is 349 g/mol. The molecule has 0 bridgehead atoms. The first-order valence-corrected chi connectivity index (χ1v) is 6.43. The molecule has 19 heavy (non-hydrogen) atoms. The van der Waals surface area contributed by atoms with Gasteiger partial charge < -0.3 is 5.73 Å². The second-order valence-electron chi connectivity index (χ2n) is 3.90. The minimum absolute atomic E-state index is 0.0720. The Bertz CT molecular complexity index is 613. The lowest BCUT2D eigenvalue weighted by Gasteiger charge is -2.16. The summed E-state index contributed by atoms with van der Waals surface area (Å²) >= 11 is 8.89. The first-order valence-electron chi connectivity index (χ1n) is 5.25. The van der Waals surface area contributed by atoms with E-state index in [1.807, 2.05) is 0 Å². The summed E-state index contributed by atoms with van der Waals surface area (Å²) in [4.78, 5) is 0. The molecule has 0 aliphatic rings. The Hall–Kier alpha value is -1.04. The second-order valence-corrected chi connectivity index (χ2v) is 5.16. The first kappa shape index (κ1) is 14.4. The van der Waals surface area contributed by atoms with E-state index in [4.69, 9.17) is 17.3 Å². The highest BCUT2D eigenvalue weighted by atomic mass is 79.9. The van der Waals surface area contributed by atoms with Crippen molar-refractivity contribution in [3.05, 3.63) is 68.4 Å². The maximum Gasteiger partial charge on any atom is 0.131 e. The van der Waals surface area contributed by atoms with Crippen LogP contribution in [0.2, 0.25) is 5.02 Å². The molecule has 2 aromatic carbocycles. The van der Waals surface area contributed by atoms with Gasteiger partial charge in [0.15, 0.2) is 0 Å². The molecule has 0 aromatic heterocycles. The third-order valence-corrected chi connectivity index (χ3v) is 3.88. The van der Waals surface area contributed by atoms with Crippen molar-refractivity contribution in [2.45, 2.75) is 6.04 Å². The molecule has 0 aliphatic carbocycles. The van der Waals surface area contributed by atoms with E-state index in [2.05, 4.69) is 15.9 Å². The second kappa shape index (κ2) is 5.53. The van der Waals surface area contributed by atoms with E-state index in [1.54, 1.807) is 0 Å². The minimum Gasteiger partial charge on any atom is -0.320 e. The lowest BCUT2D eigenvalue weighted by atomic mass is 9.98. The Morgan fingerprint density at radius 3 is 2.21 bits per heavy atom. The standard InChI is InChI=1S/C13H8BrClF3N/c14-7-5-11(18)6(4-8(7)15)13(19)12-9(16)2-1-3-10(12)17/h1-5,13H,19H2. The van der Waals surface area contributed by atoms with Crippen molar-refractivity contribution in [3.8, 4) is 0 Å². The Labute approximate surface area is 121 Å². The fraction of sp³-hybridized carbons (Fsp3) is 0.0769. The van der Waals surface area contributed by atoms with Crippen LogP contribution >= 0.6 is 27.5 Å². The molecule has 0 spiro atoms. The van der Waals surface area contributed by atoms with Crippen molar-refractivity contribution in [3.63, 3.8) is 0 Å². The number of nitrogens with two attached hydrogens (primary N) is 1. The fourth-order valence-corrected chi connectivity index (χ4v) is 2.23. The molecule has 1 unspecified atom stereocenters. The van der Waals surface area contributed by atoms with Crippen molar-refractivity contribution in [2.75, 3.05) is 0 Å². The lowest BCUT2D eigenvalue weighted by Crippen LogP contribution is -2.17. The molecule has 100 valence electrons. The molecule has 2 N–H and O–H groups in total. The third-order valence-electron chi connectivity index (χ3n) is 2.69. The van der Waals surface area contributed by atoms with Crippen molar-refractivity contribution in [1.29, 1.82) is 0 Å². The van der Waals surface area contributed by atoms with E-state index in [0.29, 0.717) is 4.47 Å². The predicted molar refractivity (Wildman–Crippen MR) is 71.5 cm³/mol. The number of hydrogen-bond donors (Lipinski definition) is 1. The number of halogens is 5. The molecule has 0 saturated heterocycles. The lowest BCUT2D eigenvalue weighted by molar-refractivity contribution is 0.533. The summed E-state index contributed by atoms with van der Waals surface area (Å²) in [6, 6.07) is 4.43. The van der Waals surface area contributed by atoms with Gasteiger partial charge in [0.25, 0.3) is 0 Å². The van der Waals surface area contributed by atoms with Crippen LogP contribution in [-0.2, 0) is 0 Å². The smallest absolute Gasteiger partial charge is 0.131 e. The molecule has 0 aliphatic heterocycles. The number of benzene rings is 2. The fourth-order valence-electron chi connectivity index (χ4n) is 1.74. The van der Waals surface area contributed by atoms with Gasteiger partial charge in [0.2, 0.25) is 0 Å². The van der Waals surface area contributed by atoms with Gasteiger partial charge in [0.1, 0.15) is 17.5 Å². The Kier molecular flexibility index (Phi) is 4.18. The molecule has 2 rings (SSSR count). The summed E-state index contributed by atoms with van der Waals surface area (Å²) in [5, 5.41) is 0.212. The van der Waals surface area contributed by atoms with E-state index in [9.17, 15) is 13.2 Å². The van der Waals surface area contributed by atoms with Crippen LogP contribution < -0.4 is 5.73 Å². The van der Waals surface area contributed by atoms with Crippen molar-refractivity contribution >= 4 is 27.5 Å². The zero-order chi connectivity index (χ0) is 14.2. The third kappa shape index (κ3) is 2.78. The van der Waals surface area contributed by atoms with Crippen LogP contribution in [0.4, 0.5) is 13.2 Å². The van der Waals surface area contributed by atoms with Crippen molar-refractivity contribution in [1.82, 2.24) is 0 Å². The van der Waals surface area contributed by atoms with Crippen LogP contribution in [0.15, 0.2) is 34.8 Å². The van der Waals surface area contributed by atoms with Crippen LogP contribution in [0.1, 0.15) is 17.2 Å². The van der Waals surface area contributed by atoms with Gasteiger partial charge in [-0.25, -0.2) is 13.2 Å². The van der Waals surface area contributed by atoms with E-state index >= 15 is 0 Å². The molecule has 0 amide bonds. The highest BCUT2D eigenvalue weighted by Crippen LogP contribution is 2.32. The summed E-state index contributed by atoms with van der Waals surface area (Å²) in [6.07, 6.45) is 0. The van der Waals surface area contributed by atoms with Crippen molar-refractivity contribution < 1.29 is 13.2 Å². The molecule has 1 nitrogen and oxygen atoms in total. The minimum atomic E-state index is -1.27.